The molecular weight excluding hydrogens is 359 g/mol. The maximum atomic E-state index is 5.86. The van der Waals surface area contributed by atoms with Gasteiger partial charge in [-0.3, -0.25) is 0 Å². The van der Waals surface area contributed by atoms with Crippen molar-refractivity contribution in [2.24, 2.45) is 0 Å². The molecule has 1 heterocycles. The van der Waals surface area contributed by atoms with Gasteiger partial charge in [-0.25, -0.2) is 4.98 Å². The molecule has 0 spiro atoms. The molecule has 1 fully saturated rings. The minimum Gasteiger partial charge on any atom is -1.00 e. The normalized spacial score (nSPS) is 14.2. The molecule has 0 radical (unpaired) electrons. The number of methoxy groups -OCH3 is 1. The molecule has 1 aliphatic carbocycles. The van der Waals surface area contributed by atoms with E-state index < -0.39 is 0 Å². The van der Waals surface area contributed by atoms with Crippen LogP contribution in [-0.2, 0) is 13.2 Å². The molecule has 2 aromatic rings. The Labute approximate surface area is 160 Å². The Morgan fingerprint density at radius 1 is 1.12 bits per heavy atom. The maximum Gasteiger partial charge on any atom is 0.161 e. The largest absolute Gasteiger partial charge is 1.00 e. The minimum absolute atomic E-state index is 0. The van der Waals surface area contributed by atoms with E-state index in [0.717, 1.165) is 23.6 Å². The van der Waals surface area contributed by atoms with E-state index in [0.29, 0.717) is 17.8 Å². The second-order valence-electron chi connectivity index (χ2n) is 6.13. The van der Waals surface area contributed by atoms with Crippen molar-refractivity contribution in [3.05, 3.63) is 52.8 Å². The van der Waals surface area contributed by atoms with Crippen molar-refractivity contribution in [1.82, 2.24) is 10.3 Å². The summed E-state index contributed by atoms with van der Waals surface area (Å²) >= 11 is 5.79. The molecule has 1 saturated carbocycles. The first-order chi connectivity index (χ1) is 11.7. The van der Waals surface area contributed by atoms with Gasteiger partial charge in [0.15, 0.2) is 11.5 Å². The van der Waals surface area contributed by atoms with E-state index in [1.165, 1.54) is 31.2 Å². The van der Waals surface area contributed by atoms with E-state index in [-0.39, 0.29) is 12.4 Å². The molecule has 4 nitrogen and oxygen atoms in total. The lowest BCUT2D eigenvalue weighted by Crippen LogP contribution is -3.00. The number of hydrogen-bond acceptors (Lipinski definition) is 4. The van der Waals surface area contributed by atoms with Crippen LogP contribution in [0.5, 0.6) is 11.5 Å². The standard InChI is InChI=1S/C19H23ClN2O2.ClH/c1-23-18-10-14(11-21-16-4-2-3-5-16)6-8-17(18)24-13-15-7-9-19(20)22-12-15;/h6-10,12,16,21H,2-5,11,13H2,1H3;1H/p-1. The number of nitrogens with one attached hydrogen (secondary N) is 1. The van der Waals surface area contributed by atoms with Crippen molar-refractivity contribution in [3.63, 3.8) is 0 Å². The number of aromatic nitrogens is 1. The van der Waals surface area contributed by atoms with Gasteiger partial charge < -0.3 is 27.2 Å². The van der Waals surface area contributed by atoms with Gasteiger partial charge >= 0.3 is 0 Å². The van der Waals surface area contributed by atoms with E-state index in [1.807, 2.05) is 18.2 Å². The van der Waals surface area contributed by atoms with Crippen LogP contribution in [0, 0.1) is 0 Å². The van der Waals surface area contributed by atoms with Gasteiger partial charge in [0.25, 0.3) is 0 Å². The second kappa shape index (κ2) is 9.85. The molecule has 1 aromatic heterocycles. The van der Waals surface area contributed by atoms with Gasteiger partial charge in [0, 0.05) is 24.3 Å². The van der Waals surface area contributed by atoms with Crippen molar-refractivity contribution in [3.8, 4) is 11.5 Å². The number of rotatable bonds is 7. The third-order valence-electron chi connectivity index (χ3n) is 4.36. The monoisotopic (exact) mass is 381 g/mol. The molecule has 136 valence electrons. The molecule has 0 bridgehead atoms. The predicted molar refractivity (Wildman–Crippen MR) is 95.7 cm³/mol. The highest BCUT2D eigenvalue weighted by Crippen LogP contribution is 2.29. The van der Waals surface area contributed by atoms with Crippen LogP contribution in [-0.4, -0.2) is 18.1 Å². The van der Waals surface area contributed by atoms with Crippen LogP contribution in [0.4, 0.5) is 0 Å². The van der Waals surface area contributed by atoms with Crippen LogP contribution in [0.2, 0.25) is 5.15 Å². The SMILES string of the molecule is COc1cc(CNC2CCCC2)ccc1OCc1ccc(Cl)nc1.[Cl-]. The van der Waals surface area contributed by atoms with E-state index >= 15 is 0 Å². The first kappa shape index (κ1) is 19.8. The van der Waals surface area contributed by atoms with E-state index in [1.54, 1.807) is 19.4 Å². The molecule has 0 atom stereocenters. The van der Waals surface area contributed by atoms with Crippen molar-refractivity contribution in [2.75, 3.05) is 7.11 Å². The van der Waals surface area contributed by atoms with Crippen molar-refractivity contribution >= 4 is 11.6 Å². The Bertz CT molecular complexity index is 659. The van der Waals surface area contributed by atoms with Crippen molar-refractivity contribution in [1.29, 1.82) is 0 Å². The van der Waals surface area contributed by atoms with Gasteiger partial charge in [0.1, 0.15) is 11.8 Å². The van der Waals surface area contributed by atoms with Crippen LogP contribution in [0.15, 0.2) is 36.5 Å². The fourth-order valence-corrected chi connectivity index (χ4v) is 3.10. The Morgan fingerprint density at radius 2 is 1.88 bits per heavy atom. The average Bonchev–Trinajstić information content (AvgIpc) is 3.13. The molecule has 6 heteroatoms. The van der Waals surface area contributed by atoms with Gasteiger partial charge in [-0.15, -0.1) is 0 Å². The third-order valence-corrected chi connectivity index (χ3v) is 4.58. The molecule has 3 rings (SSSR count). The predicted octanol–water partition coefficient (Wildman–Crippen LogP) is 1.36. The lowest BCUT2D eigenvalue weighted by molar-refractivity contribution is -0.00000553. The molecule has 0 aliphatic heterocycles. The number of hydrogen-bond donors (Lipinski definition) is 1. The van der Waals surface area contributed by atoms with Gasteiger partial charge in [-0.05, 0) is 36.6 Å². The third kappa shape index (κ3) is 5.77. The lowest BCUT2D eigenvalue weighted by atomic mass is 10.1. The van der Waals surface area contributed by atoms with E-state index in [2.05, 4.69) is 16.4 Å². The Balaban J connectivity index is 0.00000225. The van der Waals surface area contributed by atoms with Gasteiger partial charge in [0.2, 0.25) is 0 Å². The highest BCUT2D eigenvalue weighted by molar-refractivity contribution is 6.29. The summed E-state index contributed by atoms with van der Waals surface area (Å²) in [6, 6.07) is 10.4. The summed E-state index contributed by atoms with van der Waals surface area (Å²) in [7, 11) is 1.67. The maximum absolute atomic E-state index is 5.86. The molecule has 1 aliphatic rings. The van der Waals surface area contributed by atoms with Crippen LogP contribution in [0.3, 0.4) is 0 Å². The summed E-state index contributed by atoms with van der Waals surface area (Å²) in [6.07, 6.45) is 6.97. The second-order valence-corrected chi connectivity index (χ2v) is 6.51. The van der Waals surface area contributed by atoms with Gasteiger partial charge in [-0.1, -0.05) is 36.6 Å². The Morgan fingerprint density at radius 3 is 2.56 bits per heavy atom. The molecule has 1 aromatic carbocycles. The molecule has 25 heavy (non-hydrogen) atoms. The van der Waals surface area contributed by atoms with Crippen molar-refractivity contribution in [2.45, 2.75) is 44.9 Å². The van der Waals surface area contributed by atoms with Crippen LogP contribution < -0.4 is 27.2 Å². The molecule has 0 amide bonds. The molecular formula is C19H23Cl2N2O2-. The number of nitrogens with zero attached hydrogens (tertiary/aromatic N) is 1. The summed E-state index contributed by atoms with van der Waals surface area (Å²) in [5.74, 6) is 1.49. The Hall–Kier alpha value is -1.49. The zero-order chi connectivity index (χ0) is 16.8. The fraction of sp³-hybridized carbons (Fsp3) is 0.421. The van der Waals surface area contributed by atoms with Gasteiger partial charge in [-0.2, -0.15) is 0 Å². The smallest absolute Gasteiger partial charge is 0.161 e. The first-order valence-corrected chi connectivity index (χ1v) is 8.76. The summed E-state index contributed by atoms with van der Waals surface area (Å²) < 4.78 is 11.3. The highest BCUT2D eigenvalue weighted by atomic mass is 35.5. The lowest BCUT2D eigenvalue weighted by Gasteiger charge is -2.15. The van der Waals surface area contributed by atoms with Crippen LogP contribution >= 0.6 is 11.6 Å². The van der Waals surface area contributed by atoms with E-state index in [9.17, 15) is 0 Å². The number of pyridine rings is 1. The molecule has 0 unspecified atom stereocenters. The average molecular weight is 382 g/mol. The zero-order valence-electron chi connectivity index (χ0n) is 14.3. The summed E-state index contributed by atoms with van der Waals surface area (Å²) in [5.41, 5.74) is 2.17. The summed E-state index contributed by atoms with van der Waals surface area (Å²) in [6.45, 7) is 1.29. The number of halogens is 2. The van der Waals surface area contributed by atoms with E-state index in [4.69, 9.17) is 21.1 Å². The zero-order valence-corrected chi connectivity index (χ0v) is 15.8. The number of benzene rings is 1. The first-order valence-electron chi connectivity index (χ1n) is 8.38. The Kier molecular flexibility index (Phi) is 7.82. The fourth-order valence-electron chi connectivity index (χ4n) is 2.99. The highest BCUT2D eigenvalue weighted by Gasteiger charge is 2.14. The molecule has 0 saturated heterocycles. The quantitative estimate of drug-likeness (QED) is 0.735. The summed E-state index contributed by atoms with van der Waals surface area (Å²) in [5, 5.41) is 4.10. The van der Waals surface area contributed by atoms with Crippen LogP contribution in [0.25, 0.3) is 0 Å². The number of ether oxygens (including phenoxy) is 2. The van der Waals surface area contributed by atoms with Crippen molar-refractivity contribution < 1.29 is 21.9 Å². The minimum atomic E-state index is 0. The summed E-state index contributed by atoms with van der Waals surface area (Å²) in [4.78, 5) is 4.06. The topological polar surface area (TPSA) is 43.4 Å². The molecule has 1 N–H and O–H groups in total. The van der Waals surface area contributed by atoms with Gasteiger partial charge in [0.05, 0.1) is 7.11 Å². The van der Waals surface area contributed by atoms with Crippen LogP contribution in [0.1, 0.15) is 36.8 Å².